The number of piperidine rings is 1. The first-order chi connectivity index (χ1) is 7.02. The molecule has 1 nitrogen and oxygen atoms in total. The van der Waals surface area contributed by atoms with Crippen molar-refractivity contribution in [1.29, 1.82) is 0 Å². The van der Waals surface area contributed by atoms with Crippen molar-refractivity contribution in [2.75, 3.05) is 13.1 Å². The Morgan fingerprint density at radius 3 is 2.27 bits per heavy atom. The van der Waals surface area contributed by atoms with Gasteiger partial charge in [0.25, 0.3) is 0 Å². The summed E-state index contributed by atoms with van der Waals surface area (Å²) in [6.45, 7) is 11.9. The van der Waals surface area contributed by atoms with Gasteiger partial charge in [0.05, 0.1) is 0 Å². The highest BCUT2D eigenvalue weighted by Gasteiger charge is 2.20. The Morgan fingerprint density at radius 2 is 1.73 bits per heavy atom. The van der Waals surface area contributed by atoms with E-state index in [2.05, 4.69) is 44.9 Å². The third-order valence-corrected chi connectivity index (χ3v) is 3.91. The lowest BCUT2D eigenvalue weighted by Gasteiger charge is -2.29. The molecule has 0 amide bonds. The molecular weight excluding hydrogens is 182 g/mol. The van der Waals surface area contributed by atoms with E-state index < -0.39 is 0 Å². The van der Waals surface area contributed by atoms with Gasteiger partial charge < -0.3 is 4.90 Å². The summed E-state index contributed by atoms with van der Waals surface area (Å²) in [4.78, 5) is 2.47. The Labute approximate surface area is 95.5 Å². The van der Waals surface area contributed by atoms with Crippen LogP contribution in [0.4, 0.5) is 0 Å². The van der Waals surface area contributed by atoms with Crippen molar-refractivity contribution in [3.05, 3.63) is 12.3 Å². The molecule has 0 bridgehead atoms. The van der Waals surface area contributed by atoms with Gasteiger partial charge in [-0.1, -0.05) is 33.8 Å². The lowest BCUT2D eigenvalue weighted by atomic mass is 9.78. The van der Waals surface area contributed by atoms with Crippen molar-refractivity contribution >= 4 is 0 Å². The number of rotatable bonds is 4. The van der Waals surface area contributed by atoms with Crippen LogP contribution in [-0.4, -0.2) is 18.0 Å². The summed E-state index contributed by atoms with van der Waals surface area (Å²) in [5.41, 5.74) is 0.437. The number of nitrogens with zero attached hydrogens (tertiary/aromatic N) is 1. The van der Waals surface area contributed by atoms with Crippen molar-refractivity contribution < 1.29 is 0 Å². The lowest BCUT2D eigenvalue weighted by molar-refractivity contribution is 0.250. The van der Waals surface area contributed by atoms with E-state index >= 15 is 0 Å². The van der Waals surface area contributed by atoms with Crippen LogP contribution in [0.3, 0.4) is 0 Å². The summed E-state index contributed by atoms with van der Waals surface area (Å²) in [6.07, 6.45) is 10.0. The van der Waals surface area contributed by atoms with E-state index in [-0.39, 0.29) is 0 Å². The van der Waals surface area contributed by atoms with Gasteiger partial charge in [-0.05, 0) is 43.2 Å². The molecular formula is C14H27N. The highest BCUT2D eigenvalue weighted by Crippen LogP contribution is 2.30. The van der Waals surface area contributed by atoms with Crippen LogP contribution in [0.2, 0.25) is 0 Å². The zero-order valence-corrected chi connectivity index (χ0v) is 10.9. The number of hydrogen-bond donors (Lipinski definition) is 0. The Kier molecular flexibility index (Phi) is 4.69. The monoisotopic (exact) mass is 209 g/mol. The normalized spacial score (nSPS) is 19.1. The molecule has 15 heavy (non-hydrogen) atoms. The van der Waals surface area contributed by atoms with Gasteiger partial charge in [0.2, 0.25) is 0 Å². The van der Waals surface area contributed by atoms with E-state index in [1.54, 1.807) is 0 Å². The predicted molar refractivity (Wildman–Crippen MR) is 67.8 cm³/mol. The van der Waals surface area contributed by atoms with Crippen LogP contribution >= 0.6 is 0 Å². The van der Waals surface area contributed by atoms with Gasteiger partial charge >= 0.3 is 0 Å². The molecule has 1 saturated heterocycles. The Balaban J connectivity index is 2.31. The largest absolute Gasteiger partial charge is 0.378 e. The summed E-state index contributed by atoms with van der Waals surface area (Å²) in [5, 5.41) is 0. The van der Waals surface area contributed by atoms with Crippen molar-refractivity contribution in [2.24, 2.45) is 11.3 Å². The van der Waals surface area contributed by atoms with E-state index in [9.17, 15) is 0 Å². The average Bonchev–Trinajstić information content (AvgIpc) is 2.19. The molecule has 88 valence electrons. The Bertz CT molecular complexity index is 197. The Hall–Kier alpha value is -0.460. The zero-order valence-electron chi connectivity index (χ0n) is 10.9. The fraction of sp³-hybridized carbons (Fsp3) is 0.857. The van der Waals surface area contributed by atoms with Gasteiger partial charge in [0.15, 0.2) is 0 Å². The molecule has 1 heteroatoms. The van der Waals surface area contributed by atoms with Crippen molar-refractivity contribution in [1.82, 2.24) is 4.90 Å². The molecule has 0 aromatic carbocycles. The Morgan fingerprint density at radius 1 is 1.13 bits per heavy atom. The summed E-state index contributed by atoms with van der Waals surface area (Å²) >= 11 is 0. The van der Waals surface area contributed by atoms with Crippen LogP contribution in [0.1, 0.15) is 53.4 Å². The second-order valence-corrected chi connectivity index (χ2v) is 5.83. The minimum absolute atomic E-state index is 0.437. The second-order valence-electron chi connectivity index (χ2n) is 5.83. The highest BCUT2D eigenvalue weighted by molar-refractivity contribution is 4.89. The zero-order chi connectivity index (χ0) is 11.3. The number of likely N-dealkylation sites (tertiary alicyclic amines) is 1. The minimum atomic E-state index is 0.437. The molecule has 0 spiro atoms. The molecule has 1 rings (SSSR count). The lowest BCUT2D eigenvalue weighted by Crippen LogP contribution is -2.24. The van der Waals surface area contributed by atoms with Gasteiger partial charge in [-0.25, -0.2) is 0 Å². The molecule has 1 fully saturated rings. The number of allylic oxidation sites excluding steroid dienone is 1. The number of hydrogen-bond acceptors (Lipinski definition) is 1. The summed E-state index contributed by atoms with van der Waals surface area (Å²) in [6, 6.07) is 0. The maximum atomic E-state index is 2.47. The molecule has 0 aromatic rings. The van der Waals surface area contributed by atoms with Crippen molar-refractivity contribution in [3.63, 3.8) is 0 Å². The maximum Gasteiger partial charge on any atom is 0.0172 e. The predicted octanol–water partition coefficient (Wildman–Crippen LogP) is 4.06. The molecule has 1 aliphatic heterocycles. The van der Waals surface area contributed by atoms with Crippen LogP contribution in [0.5, 0.6) is 0 Å². The highest BCUT2D eigenvalue weighted by atomic mass is 15.1. The topological polar surface area (TPSA) is 3.24 Å². The van der Waals surface area contributed by atoms with Crippen molar-refractivity contribution in [2.45, 2.75) is 53.4 Å². The summed E-state index contributed by atoms with van der Waals surface area (Å²) in [7, 11) is 0. The van der Waals surface area contributed by atoms with Gasteiger partial charge in [-0.2, -0.15) is 0 Å². The standard InChI is InChI=1S/C14H27N/c1-13(2)14(3,4)9-8-12-15-10-6-5-7-11-15/h8,12-13H,5-7,9-11H2,1-4H3/b12-8+. The maximum absolute atomic E-state index is 2.47. The second kappa shape index (κ2) is 5.58. The molecule has 0 aliphatic carbocycles. The molecule has 1 heterocycles. The molecule has 0 radical (unpaired) electrons. The first kappa shape index (κ1) is 12.6. The van der Waals surface area contributed by atoms with E-state index in [1.165, 1.54) is 38.8 Å². The van der Waals surface area contributed by atoms with Crippen LogP contribution in [0.15, 0.2) is 12.3 Å². The molecule has 0 N–H and O–H groups in total. The molecule has 1 aliphatic rings. The molecule has 0 saturated carbocycles. The van der Waals surface area contributed by atoms with Crippen LogP contribution in [0.25, 0.3) is 0 Å². The van der Waals surface area contributed by atoms with Crippen LogP contribution < -0.4 is 0 Å². The fourth-order valence-corrected chi connectivity index (χ4v) is 1.81. The average molecular weight is 209 g/mol. The third kappa shape index (κ3) is 4.27. The van der Waals surface area contributed by atoms with Gasteiger partial charge in [0, 0.05) is 13.1 Å². The SMILES string of the molecule is CC(C)C(C)(C)C/C=C/N1CCCCC1. The molecule has 0 atom stereocenters. The van der Waals surface area contributed by atoms with Gasteiger partial charge in [0.1, 0.15) is 0 Å². The van der Waals surface area contributed by atoms with E-state index in [0.29, 0.717) is 5.41 Å². The third-order valence-electron chi connectivity index (χ3n) is 3.91. The van der Waals surface area contributed by atoms with Crippen LogP contribution in [0, 0.1) is 11.3 Å². The van der Waals surface area contributed by atoms with E-state index in [4.69, 9.17) is 0 Å². The summed E-state index contributed by atoms with van der Waals surface area (Å²) in [5.74, 6) is 0.753. The summed E-state index contributed by atoms with van der Waals surface area (Å²) < 4.78 is 0. The van der Waals surface area contributed by atoms with Gasteiger partial charge in [-0.15, -0.1) is 0 Å². The molecule has 0 unspecified atom stereocenters. The minimum Gasteiger partial charge on any atom is -0.378 e. The quantitative estimate of drug-likeness (QED) is 0.675. The van der Waals surface area contributed by atoms with E-state index in [0.717, 1.165) is 5.92 Å². The smallest absolute Gasteiger partial charge is 0.0172 e. The van der Waals surface area contributed by atoms with Gasteiger partial charge in [-0.3, -0.25) is 0 Å². The first-order valence-electron chi connectivity index (χ1n) is 6.43. The van der Waals surface area contributed by atoms with Crippen LogP contribution in [-0.2, 0) is 0 Å². The molecule has 0 aromatic heterocycles. The van der Waals surface area contributed by atoms with Crippen molar-refractivity contribution in [3.8, 4) is 0 Å². The fourth-order valence-electron chi connectivity index (χ4n) is 1.81. The first-order valence-corrected chi connectivity index (χ1v) is 6.43. The van der Waals surface area contributed by atoms with E-state index in [1.807, 2.05) is 0 Å².